The first-order chi connectivity index (χ1) is 14.0. The van der Waals surface area contributed by atoms with Gasteiger partial charge in [0, 0.05) is 11.1 Å². The third kappa shape index (κ3) is 3.43. The summed E-state index contributed by atoms with van der Waals surface area (Å²) in [6, 6.07) is 20.9. The fraction of sp³-hybridized carbons (Fsp3) is 0.0833. The molecule has 0 spiro atoms. The summed E-state index contributed by atoms with van der Waals surface area (Å²) in [6.07, 6.45) is 0. The normalized spacial score (nSPS) is 10.9. The molecule has 3 aromatic carbocycles. The van der Waals surface area contributed by atoms with Crippen molar-refractivity contribution in [2.75, 3.05) is 0 Å². The van der Waals surface area contributed by atoms with Crippen LogP contribution in [-0.2, 0) is 0 Å². The zero-order valence-electron chi connectivity index (χ0n) is 16.1. The standard InChI is InChI=1S/C24H19FN2O2/c1-15-8-13-20(14-16(15)2)27-23(18-6-4-3-5-7-18)21(24(28)29)22(26-27)17-9-11-19(25)12-10-17/h3-14H,1-2H3,(H,28,29). The van der Waals surface area contributed by atoms with E-state index in [0.717, 1.165) is 22.4 Å². The molecule has 4 aromatic rings. The number of hydrogen-bond acceptors (Lipinski definition) is 2. The van der Waals surface area contributed by atoms with Gasteiger partial charge >= 0.3 is 5.97 Å². The van der Waals surface area contributed by atoms with Gasteiger partial charge in [-0.05, 0) is 61.4 Å². The van der Waals surface area contributed by atoms with Crippen molar-refractivity contribution in [2.24, 2.45) is 0 Å². The molecule has 1 heterocycles. The number of rotatable bonds is 4. The van der Waals surface area contributed by atoms with Crippen LogP contribution in [-0.4, -0.2) is 20.9 Å². The third-order valence-corrected chi connectivity index (χ3v) is 5.00. The molecule has 0 aliphatic heterocycles. The van der Waals surface area contributed by atoms with E-state index in [9.17, 15) is 14.3 Å². The number of aromatic nitrogens is 2. The maximum absolute atomic E-state index is 13.4. The van der Waals surface area contributed by atoms with E-state index in [-0.39, 0.29) is 11.4 Å². The first-order valence-electron chi connectivity index (χ1n) is 9.21. The third-order valence-electron chi connectivity index (χ3n) is 5.00. The molecule has 0 amide bonds. The molecule has 0 saturated heterocycles. The lowest BCUT2D eigenvalue weighted by Gasteiger charge is -2.10. The van der Waals surface area contributed by atoms with Gasteiger partial charge in [0.15, 0.2) is 0 Å². The smallest absolute Gasteiger partial charge is 0.340 e. The minimum atomic E-state index is -1.08. The summed E-state index contributed by atoms with van der Waals surface area (Å²) in [5, 5.41) is 14.7. The number of carboxylic acid groups (broad SMARTS) is 1. The number of aromatic carboxylic acids is 1. The van der Waals surface area contributed by atoms with Crippen LogP contribution < -0.4 is 0 Å². The summed E-state index contributed by atoms with van der Waals surface area (Å²) >= 11 is 0. The highest BCUT2D eigenvalue weighted by Crippen LogP contribution is 2.34. The molecule has 1 aromatic heterocycles. The lowest BCUT2D eigenvalue weighted by atomic mass is 10.0. The molecular formula is C24H19FN2O2. The van der Waals surface area contributed by atoms with Crippen LogP contribution in [0.3, 0.4) is 0 Å². The Morgan fingerprint density at radius 2 is 1.59 bits per heavy atom. The van der Waals surface area contributed by atoms with E-state index >= 15 is 0 Å². The molecule has 4 rings (SSSR count). The molecular weight excluding hydrogens is 367 g/mol. The van der Waals surface area contributed by atoms with E-state index in [1.807, 2.05) is 62.4 Å². The van der Waals surface area contributed by atoms with Gasteiger partial charge in [0.1, 0.15) is 17.1 Å². The second-order valence-electron chi connectivity index (χ2n) is 6.93. The van der Waals surface area contributed by atoms with Crippen molar-refractivity contribution in [3.05, 3.63) is 95.3 Å². The van der Waals surface area contributed by atoms with Gasteiger partial charge in [-0.1, -0.05) is 36.4 Å². The number of benzene rings is 3. The Morgan fingerprint density at radius 1 is 0.897 bits per heavy atom. The highest BCUT2D eigenvalue weighted by Gasteiger charge is 2.26. The van der Waals surface area contributed by atoms with Gasteiger partial charge in [-0.15, -0.1) is 0 Å². The number of aryl methyl sites for hydroxylation is 2. The zero-order valence-corrected chi connectivity index (χ0v) is 16.1. The van der Waals surface area contributed by atoms with Gasteiger partial charge < -0.3 is 5.11 Å². The van der Waals surface area contributed by atoms with Crippen molar-refractivity contribution < 1.29 is 14.3 Å². The molecule has 4 nitrogen and oxygen atoms in total. The quantitative estimate of drug-likeness (QED) is 0.492. The van der Waals surface area contributed by atoms with Gasteiger partial charge in [-0.25, -0.2) is 13.9 Å². The van der Waals surface area contributed by atoms with E-state index in [4.69, 9.17) is 0 Å². The number of hydrogen-bond donors (Lipinski definition) is 1. The Labute approximate surface area is 167 Å². The Morgan fingerprint density at radius 3 is 2.21 bits per heavy atom. The van der Waals surface area contributed by atoms with Crippen LogP contribution in [0.5, 0.6) is 0 Å². The molecule has 0 aliphatic rings. The fourth-order valence-electron chi connectivity index (χ4n) is 3.34. The highest BCUT2D eigenvalue weighted by atomic mass is 19.1. The molecule has 0 saturated carbocycles. The average Bonchev–Trinajstić information content (AvgIpc) is 3.12. The van der Waals surface area contributed by atoms with Crippen molar-refractivity contribution in [1.29, 1.82) is 0 Å². The predicted octanol–water partition coefficient (Wildman–Crippen LogP) is 5.66. The van der Waals surface area contributed by atoms with Crippen LogP contribution >= 0.6 is 0 Å². The zero-order chi connectivity index (χ0) is 20.5. The molecule has 0 fully saturated rings. The van der Waals surface area contributed by atoms with Gasteiger partial charge in [0.25, 0.3) is 0 Å². The van der Waals surface area contributed by atoms with Crippen LogP contribution in [0.4, 0.5) is 4.39 Å². The van der Waals surface area contributed by atoms with Crippen LogP contribution in [0.2, 0.25) is 0 Å². The van der Waals surface area contributed by atoms with Crippen LogP contribution in [0, 0.1) is 19.7 Å². The van der Waals surface area contributed by atoms with E-state index in [1.165, 1.54) is 12.1 Å². The minimum absolute atomic E-state index is 0.0843. The number of halogens is 1. The highest BCUT2D eigenvalue weighted by molar-refractivity contribution is 6.01. The number of nitrogens with zero attached hydrogens (tertiary/aromatic N) is 2. The topological polar surface area (TPSA) is 55.1 Å². The van der Waals surface area contributed by atoms with Crippen molar-refractivity contribution >= 4 is 5.97 Å². The summed E-state index contributed by atoms with van der Waals surface area (Å²) in [5.41, 5.74) is 5.14. The molecule has 0 aliphatic carbocycles. The van der Waals surface area contributed by atoms with Crippen LogP contribution in [0.1, 0.15) is 21.5 Å². The molecule has 5 heteroatoms. The first kappa shape index (κ1) is 18.6. The van der Waals surface area contributed by atoms with Crippen molar-refractivity contribution in [3.63, 3.8) is 0 Å². The van der Waals surface area contributed by atoms with Gasteiger partial charge in [-0.3, -0.25) is 0 Å². The van der Waals surface area contributed by atoms with Gasteiger partial charge in [0.2, 0.25) is 0 Å². The Hall–Kier alpha value is -3.73. The molecule has 0 atom stereocenters. The second kappa shape index (κ2) is 7.36. The maximum atomic E-state index is 13.4. The van der Waals surface area contributed by atoms with E-state index < -0.39 is 5.97 Å². The first-order valence-corrected chi connectivity index (χ1v) is 9.21. The van der Waals surface area contributed by atoms with E-state index in [0.29, 0.717) is 17.0 Å². The Bertz CT molecular complexity index is 1200. The maximum Gasteiger partial charge on any atom is 0.340 e. The molecule has 0 radical (unpaired) electrons. The Kier molecular flexibility index (Phi) is 4.72. The SMILES string of the molecule is Cc1ccc(-n2nc(-c3ccc(F)cc3)c(C(=O)O)c2-c2ccccc2)cc1C. The van der Waals surface area contributed by atoms with Crippen LogP contribution in [0.25, 0.3) is 28.2 Å². The largest absolute Gasteiger partial charge is 0.478 e. The van der Waals surface area contributed by atoms with Crippen molar-refractivity contribution in [3.8, 4) is 28.2 Å². The molecule has 29 heavy (non-hydrogen) atoms. The monoisotopic (exact) mass is 386 g/mol. The van der Waals surface area contributed by atoms with Gasteiger partial charge in [0.05, 0.1) is 11.4 Å². The second-order valence-corrected chi connectivity index (χ2v) is 6.93. The number of carboxylic acids is 1. The molecule has 0 bridgehead atoms. The van der Waals surface area contributed by atoms with Crippen molar-refractivity contribution in [2.45, 2.75) is 13.8 Å². The summed E-state index contributed by atoms with van der Waals surface area (Å²) in [7, 11) is 0. The molecule has 0 unspecified atom stereocenters. The fourth-order valence-corrected chi connectivity index (χ4v) is 3.34. The minimum Gasteiger partial charge on any atom is -0.478 e. The van der Waals surface area contributed by atoms with Gasteiger partial charge in [-0.2, -0.15) is 5.10 Å². The Balaban J connectivity index is 2.06. The van der Waals surface area contributed by atoms with E-state index in [1.54, 1.807) is 16.8 Å². The summed E-state index contributed by atoms with van der Waals surface area (Å²) in [5.74, 6) is -1.47. The molecule has 1 N–H and O–H groups in total. The predicted molar refractivity (Wildman–Crippen MR) is 111 cm³/mol. The van der Waals surface area contributed by atoms with Crippen LogP contribution in [0.15, 0.2) is 72.8 Å². The average molecular weight is 386 g/mol. The lowest BCUT2D eigenvalue weighted by molar-refractivity contribution is 0.0698. The summed E-state index contributed by atoms with van der Waals surface area (Å²) in [4.78, 5) is 12.3. The lowest BCUT2D eigenvalue weighted by Crippen LogP contribution is -2.03. The summed E-state index contributed by atoms with van der Waals surface area (Å²) < 4.78 is 15.1. The van der Waals surface area contributed by atoms with E-state index in [2.05, 4.69) is 5.10 Å². The summed E-state index contributed by atoms with van der Waals surface area (Å²) in [6.45, 7) is 4.02. The van der Waals surface area contributed by atoms with Crippen molar-refractivity contribution in [1.82, 2.24) is 9.78 Å². The number of carbonyl (C=O) groups is 1. The molecule has 144 valence electrons.